The quantitative estimate of drug-likeness (QED) is 0.410. The number of aromatic nitrogens is 2. The van der Waals surface area contributed by atoms with Gasteiger partial charge in [0.1, 0.15) is 0 Å². The van der Waals surface area contributed by atoms with Crippen LogP contribution in [0.1, 0.15) is 39.0 Å². The van der Waals surface area contributed by atoms with Gasteiger partial charge in [-0.15, -0.1) is 0 Å². The fourth-order valence-corrected chi connectivity index (χ4v) is 4.56. The van der Waals surface area contributed by atoms with Gasteiger partial charge in [-0.3, -0.25) is 4.79 Å². The van der Waals surface area contributed by atoms with Gasteiger partial charge in [0.25, 0.3) is 0 Å². The maximum absolute atomic E-state index is 12.7. The highest BCUT2D eigenvalue weighted by Crippen LogP contribution is 2.29. The third kappa shape index (κ3) is 5.28. The van der Waals surface area contributed by atoms with E-state index in [0.29, 0.717) is 11.2 Å². The molecule has 1 aromatic heterocycles. The third-order valence-corrected chi connectivity index (χ3v) is 6.41. The molecule has 1 saturated carbocycles. The molecular formula is C25H27N3OS. The van der Waals surface area contributed by atoms with Crippen LogP contribution in [0.5, 0.6) is 0 Å². The molecular weight excluding hydrogens is 390 g/mol. The highest BCUT2D eigenvalue weighted by atomic mass is 32.2. The van der Waals surface area contributed by atoms with E-state index in [-0.39, 0.29) is 11.2 Å². The first-order valence-corrected chi connectivity index (χ1v) is 11.5. The standard InChI is InChI=1S/C25H27N3OS/c1-18(24(29)26-21-15-9-4-10-16-21)30-25-27-22(19-11-5-2-6-12-19)17-23(28-25)20-13-7-3-8-14-20/h2-3,5-8,11-14,17-18,21H,4,9-10,15-16H2,1H3,(H,26,29)/t18-/m0/s1. The van der Waals surface area contributed by atoms with Gasteiger partial charge >= 0.3 is 0 Å². The molecule has 5 heteroatoms. The zero-order valence-corrected chi connectivity index (χ0v) is 18.1. The monoisotopic (exact) mass is 417 g/mol. The summed E-state index contributed by atoms with van der Waals surface area (Å²) >= 11 is 1.42. The lowest BCUT2D eigenvalue weighted by atomic mass is 9.95. The first-order valence-electron chi connectivity index (χ1n) is 10.7. The predicted octanol–water partition coefficient (Wildman–Crippen LogP) is 5.74. The SMILES string of the molecule is C[C@H](Sc1nc(-c2ccccc2)cc(-c2ccccc2)n1)C(=O)NC1CCCCC1. The van der Waals surface area contributed by atoms with Gasteiger partial charge in [-0.25, -0.2) is 9.97 Å². The van der Waals surface area contributed by atoms with E-state index >= 15 is 0 Å². The number of carbonyl (C=O) groups is 1. The summed E-state index contributed by atoms with van der Waals surface area (Å²) < 4.78 is 0. The highest BCUT2D eigenvalue weighted by Gasteiger charge is 2.22. The molecule has 0 aliphatic heterocycles. The molecule has 3 aromatic rings. The summed E-state index contributed by atoms with van der Waals surface area (Å²) in [4.78, 5) is 22.3. The number of carbonyl (C=O) groups excluding carboxylic acids is 1. The fraction of sp³-hybridized carbons (Fsp3) is 0.320. The Bertz CT molecular complexity index is 914. The first-order chi connectivity index (χ1) is 14.7. The van der Waals surface area contributed by atoms with Gasteiger partial charge in [-0.2, -0.15) is 0 Å². The van der Waals surface area contributed by atoms with Crippen LogP contribution in [0.2, 0.25) is 0 Å². The molecule has 0 spiro atoms. The van der Waals surface area contributed by atoms with Crippen LogP contribution < -0.4 is 5.32 Å². The molecule has 0 radical (unpaired) electrons. The zero-order valence-electron chi connectivity index (χ0n) is 17.3. The Morgan fingerprint density at radius 3 is 1.97 bits per heavy atom. The molecule has 0 unspecified atom stereocenters. The van der Waals surface area contributed by atoms with Gasteiger partial charge in [0, 0.05) is 17.2 Å². The van der Waals surface area contributed by atoms with Crippen LogP contribution >= 0.6 is 11.8 Å². The molecule has 30 heavy (non-hydrogen) atoms. The smallest absolute Gasteiger partial charge is 0.233 e. The second-order valence-corrected chi connectivity index (χ2v) is 9.06. The average Bonchev–Trinajstić information content (AvgIpc) is 2.80. The number of thioether (sulfide) groups is 1. The van der Waals surface area contributed by atoms with Crippen molar-refractivity contribution in [2.75, 3.05) is 0 Å². The van der Waals surface area contributed by atoms with E-state index in [1.54, 1.807) is 0 Å². The van der Waals surface area contributed by atoms with Crippen molar-refractivity contribution in [3.63, 3.8) is 0 Å². The van der Waals surface area contributed by atoms with Crippen molar-refractivity contribution in [2.45, 2.75) is 55.5 Å². The second kappa shape index (κ2) is 9.90. The second-order valence-electron chi connectivity index (χ2n) is 7.76. The molecule has 1 aliphatic rings. The van der Waals surface area contributed by atoms with Crippen molar-refractivity contribution in [2.24, 2.45) is 0 Å². The Labute approximate surface area is 182 Å². The molecule has 4 nitrogen and oxygen atoms in total. The number of hydrogen-bond acceptors (Lipinski definition) is 4. The molecule has 0 saturated heterocycles. The van der Waals surface area contributed by atoms with Crippen molar-refractivity contribution in [1.29, 1.82) is 0 Å². The van der Waals surface area contributed by atoms with Crippen LogP contribution in [-0.2, 0) is 4.79 Å². The Morgan fingerprint density at radius 1 is 0.900 bits per heavy atom. The largest absolute Gasteiger partial charge is 0.352 e. The Hall–Kier alpha value is -2.66. The van der Waals surface area contributed by atoms with Gasteiger partial charge in [-0.05, 0) is 25.8 Å². The Morgan fingerprint density at radius 2 is 1.43 bits per heavy atom. The topological polar surface area (TPSA) is 54.9 Å². The lowest BCUT2D eigenvalue weighted by Gasteiger charge is -2.24. The van der Waals surface area contributed by atoms with Crippen LogP contribution in [0, 0.1) is 0 Å². The van der Waals surface area contributed by atoms with Crippen LogP contribution in [0.3, 0.4) is 0 Å². The number of hydrogen-bond donors (Lipinski definition) is 1. The van der Waals surface area contributed by atoms with E-state index in [1.807, 2.05) is 73.7 Å². The normalized spacial score (nSPS) is 15.5. The molecule has 1 fully saturated rings. The minimum atomic E-state index is -0.249. The average molecular weight is 418 g/mol. The Balaban J connectivity index is 1.57. The molecule has 4 rings (SSSR count). The zero-order chi connectivity index (χ0) is 20.8. The van der Waals surface area contributed by atoms with E-state index in [4.69, 9.17) is 9.97 Å². The summed E-state index contributed by atoms with van der Waals surface area (Å²) in [6, 6.07) is 22.5. The van der Waals surface area contributed by atoms with Crippen molar-refractivity contribution >= 4 is 17.7 Å². The maximum atomic E-state index is 12.7. The van der Waals surface area contributed by atoms with Crippen molar-refractivity contribution in [3.05, 3.63) is 66.7 Å². The van der Waals surface area contributed by atoms with Gasteiger partial charge in [-0.1, -0.05) is 91.7 Å². The summed E-state index contributed by atoms with van der Waals surface area (Å²) in [5.74, 6) is 0.0712. The molecule has 1 heterocycles. The fourth-order valence-electron chi connectivity index (χ4n) is 3.77. The lowest BCUT2D eigenvalue weighted by molar-refractivity contribution is -0.121. The number of nitrogens with one attached hydrogen (secondary N) is 1. The van der Waals surface area contributed by atoms with E-state index in [2.05, 4.69) is 5.32 Å². The molecule has 1 aliphatic carbocycles. The van der Waals surface area contributed by atoms with Crippen LogP contribution in [0.25, 0.3) is 22.5 Å². The van der Waals surface area contributed by atoms with E-state index in [9.17, 15) is 4.79 Å². The molecule has 2 aromatic carbocycles. The summed E-state index contributed by atoms with van der Waals surface area (Å²) in [6.45, 7) is 1.93. The number of benzene rings is 2. The maximum Gasteiger partial charge on any atom is 0.233 e. The van der Waals surface area contributed by atoms with E-state index in [1.165, 1.54) is 31.0 Å². The van der Waals surface area contributed by atoms with Crippen LogP contribution in [-0.4, -0.2) is 27.2 Å². The minimum absolute atomic E-state index is 0.0712. The highest BCUT2D eigenvalue weighted by molar-refractivity contribution is 8.00. The number of rotatable bonds is 6. The predicted molar refractivity (Wildman–Crippen MR) is 123 cm³/mol. The van der Waals surface area contributed by atoms with E-state index in [0.717, 1.165) is 35.4 Å². The summed E-state index contributed by atoms with van der Waals surface area (Å²) in [5.41, 5.74) is 3.81. The van der Waals surface area contributed by atoms with Crippen LogP contribution in [0.4, 0.5) is 0 Å². The Kier molecular flexibility index (Phi) is 6.80. The van der Waals surface area contributed by atoms with Crippen LogP contribution in [0.15, 0.2) is 71.9 Å². The lowest BCUT2D eigenvalue weighted by Crippen LogP contribution is -2.40. The van der Waals surface area contributed by atoms with Gasteiger partial charge < -0.3 is 5.32 Å². The molecule has 154 valence electrons. The third-order valence-electron chi connectivity index (χ3n) is 5.45. The molecule has 1 amide bonds. The number of nitrogens with zero attached hydrogens (tertiary/aromatic N) is 2. The van der Waals surface area contributed by atoms with E-state index < -0.39 is 0 Å². The van der Waals surface area contributed by atoms with Gasteiger partial charge in [0.05, 0.1) is 16.6 Å². The summed E-state index contributed by atoms with van der Waals surface area (Å²) in [6.07, 6.45) is 5.85. The molecule has 1 atom stereocenters. The first kappa shape index (κ1) is 20.6. The molecule has 1 N–H and O–H groups in total. The van der Waals surface area contributed by atoms with Crippen molar-refractivity contribution in [3.8, 4) is 22.5 Å². The molecule has 0 bridgehead atoms. The van der Waals surface area contributed by atoms with Crippen molar-refractivity contribution < 1.29 is 4.79 Å². The summed E-state index contributed by atoms with van der Waals surface area (Å²) in [5, 5.41) is 3.59. The van der Waals surface area contributed by atoms with Crippen molar-refractivity contribution in [1.82, 2.24) is 15.3 Å². The number of amides is 1. The van der Waals surface area contributed by atoms with Gasteiger partial charge in [0.15, 0.2) is 5.16 Å². The van der Waals surface area contributed by atoms with Gasteiger partial charge in [0.2, 0.25) is 5.91 Å². The minimum Gasteiger partial charge on any atom is -0.352 e. The summed E-state index contributed by atoms with van der Waals surface area (Å²) in [7, 11) is 0.